The van der Waals surface area contributed by atoms with Crippen molar-refractivity contribution in [2.45, 2.75) is 32.2 Å². The Labute approximate surface area is 97.4 Å². The van der Waals surface area contributed by atoms with Gasteiger partial charge in [0.2, 0.25) is 0 Å². The van der Waals surface area contributed by atoms with Crippen LogP contribution in [0.15, 0.2) is 21.2 Å². The third kappa shape index (κ3) is 2.62. The highest BCUT2D eigenvalue weighted by atomic mass is 79.9. The Morgan fingerprint density at radius 2 is 2.47 bits per heavy atom. The van der Waals surface area contributed by atoms with Gasteiger partial charge in [0, 0.05) is 6.04 Å². The van der Waals surface area contributed by atoms with Crippen LogP contribution >= 0.6 is 15.9 Å². The molecule has 82 valence electrons. The van der Waals surface area contributed by atoms with Crippen molar-refractivity contribution >= 4 is 21.8 Å². The summed E-state index contributed by atoms with van der Waals surface area (Å²) in [6.07, 6.45) is 3.50. The van der Waals surface area contributed by atoms with Crippen molar-refractivity contribution in [2.75, 3.05) is 0 Å². The molecule has 0 bridgehead atoms. The molecular formula is C11H14BrNO2. The highest BCUT2D eigenvalue weighted by molar-refractivity contribution is 9.10. The van der Waals surface area contributed by atoms with Crippen molar-refractivity contribution in [1.29, 1.82) is 0 Å². The molecule has 0 saturated heterocycles. The van der Waals surface area contributed by atoms with Crippen LogP contribution in [0.25, 0.3) is 0 Å². The van der Waals surface area contributed by atoms with Gasteiger partial charge in [0.25, 0.3) is 5.91 Å². The van der Waals surface area contributed by atoms with Gasteiger partial charge in [-0.15, -0.1) is 0 Å². The molecule has 1 saturated carbocycles. The van der Waals surface area contributed by atoms with E-state index in [1.165, 1.54) is 12.8 Å². The first-order chi connectivity index (χ1) is 7.20. The summed E-state index contributed by atoms with van der Waals surface area (Å²) in [5.74, 6) is 0.950. The van der Waals surface area contributed by atoms with Crippen LogP contribution in [0.4, 0.5) is 0 Å². The Morgan fingerprint density at radius 3 is 3.07 bits per heavy atom. The highest BCUT2D eigenvalue weighted by Crippen LogP contribution is 2.34. The summed E-state index contributed by atoms with van der Waals surface area (Å²) >= 11 is 3.17. The van der Waals surface area contributed by atoms with E-state index in [1.807, 2.05) is 0 Å². The minimum absolute atomic E-state index is 0.107. The molecule has 4 heteroatoms. The molecule has 2 rings (SSSR count). The van der Waals surface area contributed by atoms with Gasteiger partial charge in [-0.2, -0.15) is 0 Å². The van der Waals surface area contributed by atoms with Crippen LogP contribution in [-0.4, -0.2) is 11.9 Å². The van der Waals surface area contributed by atoms with E-state index >= 15 is 0 Å². The smallest absolute Gasteiger partial charge is 0.287 e. The van der Waals surface area contributed by atoms with Crippen LogP contribution in [0.2, 0.25) is 0 Å². The second-order valence-electron chi connectivity index (χ2n) is 3.97. The largest absolute Gasteiger partial charge is 0.444 e. The molecule has 2 unspecified atom stereocenters. The SMILES string of the molecule is CCCC1CC1NC(=O)c1ccc(Br)o1. The molecule has 0 aliphatic heterocycles. The fraction of sp³-hybridized carbons (Fsp3) is 0.545. The monoisotopic (exact) mass is 271 g/mol. The van der Waals surface area contributed by atoms with Crippen molar-refractivity contribution in [1.82, 2.24) is 5.32 Å². The summed E-state index contributed by atoms with van der Waals surface area (Å²) < 4.78 is 5.77. The maximum absolute atomic E-state index is 11.6. The Kier molecular flexibility index (Phi) is 3.14. The first kappa shape index (κ1) is 10.7. The molecule has 1 fully saturated rings. The molecule has 15 heavy (non-hydrogen) atoms. The summed E-state index contributed by atoms with van der Waals surface area (Å²) in [4.78, 5) is 11.6. The lowest BCUT2D eigenvalue weighted by atomic mass is 10.2. The highest BCUT2D eigenvalue weighted by Gasteiger charge is 2.37. The van der Waals surface area contributed by atoms with Crippen LogP contribution in [0.1, 0.15) is 36.7 Å². The Morgan fingerprint density at radius 1 is 1.67 bits per heavy atom. The molecule has 1 heterocycles. The number of hydrogen-bond donors (Lipinski definition) is 1. The molecule has 1 aromatic rings. The molecule has 1 aromatic heterocycles. The fourth-order valence-electron chi connectivity index (χ4n) is 1.79. The van der Waals surface area contributed by atoms with Gasteiger partial charge in [0.15, 0.2) is 10.4 Å². The van der Waals surface area contributed by atoms with E-state index in [9.17, 15) is 4.79 Å². The number of carbonyl (C=O) groups is 1. The lowest BCUT2D eigenvalue weighted by Crippen LogP contribution is -2.26. The Balaban J connectivity index is 1.84. The molecule has 0 radical (unpaired) electrons. The topological polar surface area (TPSA) is 42.2 Å². The van der Waals surface area contributed by atoms with Gasteiger partial charge < -0.3 is 9.73 Å². The third-order valence-electron chi connectivity index (χ3n) is 2.70. The summed E-state index contributed by atoms with van der Waals surface area (Å²) in [5, 5.41) is 2.96. The van der Waals surface area contributed by atoms with Crippen molar-refractivity contribution in [3.05, 3.63) is 22.6 Å². The zero-order valence-electron chi connectivity index (χ0n) is 8.63. The van der Waals surface area contributed by atoms with E-state index in [1.54, 1.807) is 12.1 Å². The standard InChI is InChI=1S/C11H14BrNO2/c1-2-3-7-6-8(7)13-11(14)9-4-5-10(12)15-9/h4-5,7-8H,2-3,6H2,1H3,(H,13,14). The number of rotatable bonds is 4. The predicted molar refractivity (Wildman–Crippen MR) is 60.7 cm³/mol. The van der Waals surface area contributed by atoms with Crippen molar-refractivity contribution in [3.8, 4) is 0 Å². The Bertz CT molecular complexity index is 361. The van der Waals surface area contributed by atoms with Crippen molar-refractivity contribution in [2.24, 2.45) is 5.92 Å². The first-order valence-corrected chi connectivity index (χ1v) is 6.06. The number of halogens is 1. The van der Waals surface area contributed by atoms with Crippen molar-refractivity contribution < 1.29 is 9.21 Å². The number of hydrogen-bond acceptors (Lipinski definition) is 2. The molecule has 1 N–H and O–H groups in total. The van der Waals surface area contributed by atoms with Crippen LogP contribution in [0, 0.1) is 5.92 Å². The zero-order chi connectivity index (χ0) is 10.8. The zero-order valence-corrected chi connectivity index (χ0v) is 10.2. The molecule has 0 spiro atoms. The molecule has 1 aliphatic carbocycles. The summed E-state index contributed by atoms with van der Waals surface area (Å²) in [7, 11) is 0. The van der Waals surface area contributed by atoms with E-state index in [0.29, 0.717) is 22.4 Å². The summed E-state index contributed by atoms with van der Waals surface area (Å²) in [6.45, 7) is 2.17. The predicted octanol–water partition coefficient (Wildman–Crippen LogP) is 2.96. The second kappa shape index (κ2) is 4.39. The number of carbonyl (C=O) groups excluding carboxylic acids is 1. The van der Waals surface area contributed by atoms with Gasteiger partial charge in [-0.25, -0.2) is 0 Å². The average Bonchev–Trinajstić information content (AvgIpc) is 2.76. The number of nitrogens with one attached hydrogen (secondary N) is 1. The van der Waals surface area contributed by atoms with E-state index in [4.69, 9.17) is 4.42 Å². The summed E-state index contributed by atoms with van der Waals surface area (Å²) in [5.41, 5.74) is 0. The average molecular weight is 272 g/mol. The van der Waals surface area contributed by atoms with Gasteiger partial charge >= 0.3 is 0 Å². The normalized spacial score (nSPS) is 23.9. The van der Waals surface area contributed by atoms with Crippen LogP contribution in [0.3, 0.4) is 0 Å². The maximum atomic E-state index is 11.6. The fourth-order valence-corrected chi connectivity index (χ4v) is 2.10. The summed E-state index contributed by atoms with van der Waals surface area (Å²) in [6, 6.07) is 3.77. The lowest BCUT2D eigenvalue weighted by molar-refractivity contribution is 0.0919. The van der Waals surface area contributed by atoms with Crippen LogP contribution in [-0.2, 0) is 0 Å². The molecule has 1 aliphatic rings. The van der Waals surface area contributed by atoms with Gasteiger partial charge in [0.1, 0.15) is 0 Å². The minimum atomic E-state index is -0.107. The van der Waals surface area contributed by atoms with E-state index < -0.39 is 0 Å². The molecule has 2 atom stereocenters. The van der Waals surface area contributed by atoms with Crippen molar-refractivity contribution in [3.63, 3.8) is 0 Å². The van der Waals surface area contributed by atoms with Gasteiger partial charge in [-0.05, 0) is 46.8 Å². The lowest BCUT2D eigenvalue weighted by Gasteiger charge is -2.01. The van der Waals surface area contributed by atoms with E-state index in [2.05, 4.69) is 28.2 Å². The third-order valence-corrected chi connectivity index (χ3v) is 3.12. The van der Waals surface area contributed by atoms with Gasteiger partial charge in [-0.3, -0.25) is 4.79 Å². The Hall–Kier alpha value is -0.770. The molecular weight excluding hydrogens is 258 g/mol. The first-order valence-electron chi connectivity index (χ1n) is 5.27. The van der Waals surface area contributed by atoms with Gasteiger partial charge in [0.05, 0.1) is 0 Å². The number of furan rings is 1. The van der Waals surface area contributed by atoms with Crippen LogP contribution < -0.4 is 5.32 Å². The molecule has 3 nitrogen and oxygen atoms in total. The quantitative estimate of drug-likeness (QED) is 0.915. The maximum Gasteiger partial charge on any atom is 0.287 e. The minimum Gasteiger partial charge on any atom is -0.444 e. The van der Waals surface area contributed by atoms with Crippen LogP contribution in [0.5, 0.6) is 0 Å². The molecule has 1 amide bonds. The second-order valence-corrected chi connectivity index (χ2v) is 4.75. The van der Waals surface area contributed by atoms with E-state index in [0.717, 1.165) is 6.42 Å². The number of amides is 1. The molecule has 0 aromatic carbocycles. The van der Waals surface area contributed by atoms with Gasteiger partial charge in [-0.1, -0.05) is 13.3 Å². The van der Waals surface area contributed by atoms with E-state index in [-0.39, 0.29) is 5.91 Å².